The monoisotopic (exact) mass is 225 g/mol. The molecular weight excluding hydrogens is 209 g/mol. The number of anilines is 1. The quantitative estimate of drug-likeness (QED) is 0.836. The van der Waals surface area contributed by atoms with Crippen LogP contribution in [0.15, 0.2) is 18.2 Å². The van der Waals surface area contributed by atoms with Crippen molar-refractivity contribution in [3.8, 4) is 5.75 Å². The molecule has 1 aromatic rings. The van der Waals surface area contributed by atoms with E-state index in [1.165, 1.54) is 12.1 Å². The molecule has 0 radical (unpaired) electrons. The van der Waals surface area contributed by atoms with E-state index in [1.54, 1.807) is 13.0 Å². The fraction of sp³-hybridized carbons (Fsp3) is 0.417. The summed E-state index contributed by atoms with van der Waals surface area (Å²) in [6.45, 7) is 4.12. The van der Waals surface area contributed by atoms with Crippen LogP contribution < -0.4 is 10.1 Å². The van der Waals surface area contributed by atoms with Gasteiger partial charge in [0, 0.05) is 18.2 Å². The topological polar surface area (TPSA) is 38.3 Å². The molecule has 0 fully saturated rings. The van der Waals surface area contributed by atoms with Gasteiger partial charge in [0.15, 0.2) is 11.6 Å². The van der Waals surface area contributed by atoms with Crippen LogP contribution in [0, 0.1) is 5.82 Å². The molecule has 0 atom stereocenters. The zero-order chi connectivity index (χ0) is 12.0. The van der Waals surface area contributed by atoms with E-state index in [9.17, 15) is 9.18 Å². The summed E-state index contributed by atoms with van der Waals surface area (Å²) in [6.07, 6.45) is 1.21. The lowest BCUT2D eigenvalue weighted by molar-refractivity contribution is -0.116. The summed E-state index contributed by atoms with van der Waals surface area (Å²) in [6, 6.07) is 4.40. The number of carbonyl (C=O) groups is 1. The third-order valence-electron chi connectivity index (χ3n) is 1.99. The standard InChI is InChI=1S/C12H16FNO2/c1-3-5-12(15)14-9-6-7-11(16-4-2)10(13)8-9/h6-8H,3-5H2,1-2H3,(H,14,15). The first kappa shape index (κ1) is 12.5. The highest BCUT2D eigenvalue weighted by Crippen LogP contribution is 2.21. The van der Waals surface area contributed by atoms with Crippen LogP contribution in [0.3, 0.4) is 0 Å². The van der Waals surface area contributed by atoms with Crippen LogP contribution >= 0.6 is 0 Å². The van der Waals surface area contributed by atoms with E-state index in [1.807, 2.05) is 6.92 Å². The average Bonchev–Trinajstić information content (AvgIpc) is 2.22. The molecule has 16 heavy (non-hydrogen) atoms. The molecule has 1 amide bonds. The Morgan fingerprint density at radius 1 is 1.44 bits per heavy atom. The molecule has 0 bridgehead atoms. The van der Waals surface area contributed by atoms with E-state index in [-0.39, 0.29) is 11.7 Å². The molecule has 0 heterocycles. The van der Waals surface area contributed by atoms with E-state index in [2.05, 4.69) is 5.32 Å². The van der Waals surface area contributed by atoms with Crippen LogP contribution in [-0.2, 0) is 4.79 Å². The van der Waals surface area contributed by atoms with Crippen molar-refractivity contribution < 1.29 is 13.9 Å². The van der Waals surface area contributed by atoms with Crippen LogP contribution in [0.2, 0.25) is 0 Å². The SMILES string of the molecule is CCCC(=O)Nc1ccc(OCC)c(F)c1. The number of amides is 1. The number of ether oxygens (including phenoxy) is 1. The number of hydrogen-bond donors (Lipinski definition) is 1. The smallest absolute Gasteiger partial charge is 0.224 e. The average molecular weight is 225 g/mol. The lowest BCUT2D eigenvalue weighted by atomic mass is 10.2. The molecule has 0 aliphatic rings. The van der Waals surface area contributed by atoms with E-state index < -0.39 is 5.82 Å². The minimum Gasteiger partial charge on any atom is -0.491 e. The molecule has 0 saturated carbocycles. The molecule has 1 aromatic carbocycles. The fourth-order valence-corrected chi connectivity index (χ4v) is 1.30. The molecule has 88 valence electrons. The van der Waals surface area contributed by atoms with Crippen LogP contribution in [0.4, 0.5) is 10.1 Å². The number of rotatable bonds is 5. The first-order valence-corrected chi connectivity index (χ1v) is 5.39. The molecule has 4 heteroatoms. The van der Waals surface area contributed by atoms with E-state index in [0.29, 0.717) is 18.7 Å². The maximum atomic E-state index is 13.4. The summed E-state index contributed by atoms with van der Waals surface area (Å²) in [5.41, 5.74) is 0.458. The van der Waals surface area contributed by atoms with Gasteiger partial charge < -0.3 is 10.1 Å². The minimum atomic E-state index is -0.462. The normalized spacial score (nSPS) is 9.94. The molecule has 1 N–H and O–H groups in total. The van der Waals surface area contributed by atoms with Crippen LogP contribution in [-0.4, -0.2) is 12.5 Å². The zero-order valence-electron chi connectivity index (χ0n) is 9.55. The summed E-state index contributed by atoms with van der Waals surface area (Å²) >= 11 is 0. The van der Waals surface area contributed by atoms with Crippen molar-refractivity contribution in [3.05, 3.63) is 24.0 Å². The van der Waals surface area contributed by atoms with Gasteiger partial charge in [0.05, 0.1) is 6.61 Å². The summed E-state index contributed by atoms with van der Waals surface area (Å²) in [5.74, 6) is -0.363. The molecule has 0 saturated heterocycles. The number of benzene rings is 1. The van der Waals surface area contributed by atoms with Crippen molar-refractivity contribution in [3.63, 3.8) is 0 Å². The molecule has 1 rings (SSSR count). The lowest BCUT2D eigenvalue weighted by Gasteiger charge is -2.07. The summed E-state index contributed by atoms with van der Waals surface area (Å²) in [7, 11) is 0. The maximum absolute atomic E-state index is 13.4. The highest BCUT2D eigenvalue weighted by atomic mass is 19.1. The van der Waals surface area contributed by atoms with Crippen LogP contribution in [0.1, 0.15) is 26.7 Å². The van der Waals surface area contributed by atoms with Gasteiger partial charge in [0.25, 0.3) is 0 Å². The minimum absolute atomic E-state index is 0.106. The molecule has 0 unspecified atom stereocenters. The molecule has 0 aromatic heterocycles. The van der Waals surface area contributed by atoms with Gasteiger partial charge in [0.2, 0.25) is 5.91 Å². The van der Waals surface area contributed by atoms with E-state index in [0.717, 1.165) is 6.42 Å². The molecule has 0 aliphatic heterocycles. The Labute approximate surface area is 94.6 Å². The van der Waals surface area contributed by atoms with Gasteiger partial charge in [-0.15, -0.1) is 0 Å². The zero-order valence-corrected chi connectivity index (χ0v) is 9.55. The number of hydrogen-bond acceptors (Lipinski definition) is 2. The highest BCUT2D eigenvalue weighted by molar-refractivity contribution is 5.90. The van der Waals surface area contributed by atoms with Crippen molar-refractivity contribution in [1.29, 1.82) is 0 Å². The maximum Gasteiger partial charge on any atom is 0.224 e. The van der Waals surface area contributed by atoms with Gasteiger partial charge in [-0.1, -0.05) is 6.92 Å². The Morgan fingerprint density at radius 2 is 2.19 bits per heavy atom. The summed E-state index contributed by atoms with van der Waals surface area (Å²) < 4.78 is 18.5. The predicted octanol–water partition coefficient (Wildman–Crippen LogP) is 2.96. The van der Waals surface area contributed by atoms with Gasteiger partial charge in [-0.2, -0.15) is 0 Å². The molecule has 0 spiro atoms. The van der Waals surface area contributed by atoms with Gasteiger partial charge in [-0.05, 0) is 25.5 Å². The van der Waals surface area contributed by atoms with Crippen molar-refractivity contribution >= 4 is 11.6 Å². The number of carbonyl (C=O) groups excluding carboxylic acids is 1. The predicted molar refractivity (Wildman–Crippen MR) is 61.1 cm³/mol. The first-order chi connectivity index (χ1) is 7.67. The molecule has 3 nitrogen and oxygen atoms in total. The fourth-order valence-electron chi connectivity index (χ4n) is 1.30. The lowest BCUT2D eigenvalue weighted by Crippen LogP contribution is -2.10. The van der Waals surface area contributed by atoms with Crippen molar-refractivity contribution in [1.82, 2.24) is 0 Å². The third kappa shape index (κ3) is 3.53. The van der Waals surface area contributed by atoms with Crippen molar-refractivity contribution in [2.45, 2.75) is 26.7 Å². The Balaban J connectivity index is 2.69. The van der Waals surface area contributed by atoms with Gasteiger partial charge in [0.1, 0.15) is 0 Å². The van der Waals surface area contributed by atoms with Crippen LogP contribution in [0.5, 0.6) is 5.75 Å². The van der Waals surface area contributed by atoms with E-state index in [4.69, 9.17) is 4.74 Å². The Hall–Kier alpha value is -1.58. The van der Waals surface area contributed by atoms with Crippen molar-refractivity contribution in [2.75, 3.05) is 11.9 Å². The first-order valence-electron chi connectivity index (χ1n) is 5.39. The van der Waals surface area contributed by atoms with Gasteiger partial charge in [-0.3, -0.25) is 4.79 Å². The molecular formula is C12H16FNO2. The Morgan fingerprint density at radius 3 is 2.75 bits per heavy atom. The second-order valence-corrected chi connectivity index (χ2v) is 3.38. The van der Waals surface area contributed by atoms with Gasteiger partial charge in [-0.25, -0.2) is 4.39 Å². The Bertz CT molecular complexity index is 366. The van der Waals surface area contributed by atoms with Crippen molar-refractivity contribution in [2.24, 2.45) is 0 Å². The largest absolute Gasteiger partial charge is 0.491 e. The molecule has 0 aliphatic carbocycles. The third-order valence-corrected chi connectivity index (χ3v) is 1.99. The van der Waals surface area contributed by atoms with Gasteiger partial charge >= 0.3 is 0 Å². The summed E-state index contributed by atoms with van der Waals surface area (Å²) in [5, 5.41) is 2.62. The number of halogens is 1. The number of nitrogens with one attached hydrogen (secondary N) is 1. The summed E-state index contributed by atoms with van der Waals surface area (Å²) in [4.78, 5) is 11.3. The second kappa shape index (κ2) is 6.10. The van der Waals surface area contributed by atoms with E-state index >= 15 is 0 Å². The highest BCUT2D eigenvalue weighted by Gasteiger charge is 2.06. The van der Waals surface area contributed by atoms with Crippen LogP contribution in [0.25, 0.3) is 0 Å². The second-order valence-electron chi connectivity index (χ2n) is 3.38. The Kier molecular flexibility index (Phi) is 4.76.